The number of aliphatic hydroxyl groups excluding tert-OH is 1. The van der Waals surface area contributed by atoms with E-state index in [4.69, 9.17) is 9.47 Å². The molecule has 0 fully saturated rings. The third-order valence-corrected chi connectivity index (χ3v) is 7.39. The summed E-state index contributed by atoms with van der Waals surface area (Å²) in [6, 6.07) is 11.2. The highest BCUT2D eigenvalue weighted by atomic mass is 16.5. The normalized spacial score (nSPS) is 21.2. The molecule has 36 heavy (non-hydrogen) atoms. The lowest BCUT2D eigenvalue weighted by molar-refractivity contribution is -0.120. The molecule has 6 nitrogen and oxygen atoms in total. The summed E-state index contributed by atoms with van der Waals surface area (Å²) in [5.41, 5.74) is 3.58. The number of aliphatic hydroxyl groups is 1. The second kappa shape index (κ2) is 8.70. The van der Waals surface area contributed by atoms with Crippen LogP contribution in [0, 0.1) is 10.8 Å². The Hall–Kier alpha value is -3.25. The van der Waals surface area contributed by atoms with Gasteiger partial charge in [0.1, 0.15) is 17.3 Å². The molecule has 0 bridgehead atoms. The number of pyridine rings is 1. The summed E-state index contributed by atoms with van der Waals surface area (Å²) in [6.07, 6.45) is 2.07. The number of ketones is 2. The number of aromatic nitrogens is 1. The zero-order valence-corrected chi connectivity index (χ0v) is 21.6. The number of benzene rings is 1. The lowest BCUT2D eigenvalue weighted by Gasteiger charge is -2.43. The molecule has 0 saturated heterocycles. The molecule has 5 rings (SSSR count). The third kappa shape index (κ3) is 4.28. The second-order valence-electron chi connectivity index (χ2n) is 11.7. The number of methoxy groups -OCH3 is 1. The molecule has 1 aromatic heterocycles. The van der Waals surface area contributed by atoms with E-state index in [1.54, 1.807) is 13.2 Å². The fourth-order valence-electron chi connectivity index (χ4n) is 5.83. The number of carbonyl (C=O) groups is 2. The Morgan fingerprint density at radius 2 is 1.56 bits per heavy atom. The summed E-state index contributed by atoms with van der Waals surface area (Å²) < 4.78 is 12.2. The Labute approximate surface area is 212 Å². The molecular weight excluding hydrogens is 454 g/mol. The van der Waals surface area contributed by atoms with Gasteiger partial charge in [-0.25, -0.2) is 0 Å². The van der Waals surface area contributed by atoms with Crippen molar-refractivity contribution < 1.29 is 24.2 Å². The maximum atomic E-state index is 13.6. The van der Waals surface area contributed by atoms with Gasteiger partial charge in [-0.2, -0.15) is 0 Å². The molecule has 1 aromatic carbocycles. The topological polar surface area (TPSA) is 85.7 Å². The van der Waals surface area contributed by atoms with Gasteiger partial charge >= 0.3 is 0 Å². The Kier molecular flexibility index (Phi) is 5.91. The number of hydrogen-bond donors (Lipinski definition) is 1. The number of allylic oxidation sites excluding steroid dienone is 4. The standard InChI is InChI=1S/C30H33NO5/c1-29(2)12-21(33)27-24(14-29)36-25-15-30(3,4)13-22(34)28(25)26(27)19-11-17(9-10-23(19)35-5)20-8-6-7-18(16-32)31-20/h6-11,26,32H,12-16H2,1-5H3. The molecule has 2 aliphatic carbocycles. The molecule has 188 valence electrons. The molecule has 0 radical (unpaired) electrons. The Balaban J connectivity index is 1.74. The van der Waals surface area contributed by atoms with Crippen LogP contribution in [0.4, 0.5) is 0 Å². The van der Waals surface area contributed by atoms with Crippen LogP contribution in [0.15, 0.2) is 59.1 Å². The van der Waals surface area contributed by atoms with E-state index in [0.29, 0.717) is 65.5 Å². The number of carbonyl (C=O) groups excluding carboxylic acids is 2. The van der Waals surface area contributed by atoms with Crippen molar-refractivity contribution in [3.63, 3.8) is 0 Å². The maximum Gasteiger partial charge on any atom is 0.163 e. The van der Waals surface area contributed by atoms with Gasteiger partial charge in [0.15, 0.2) is 11.6 Å². The minimum absolute atomic E-state index is 0.0169. The first-order valence-corrected chi connectivity index (χ1v) is 12.5. The summed E-state index contributed by atoms with van der Waals surface area (Å²) in [6.45, 7) is 8.15. The highest BCUT2D eigenvalue weighted by molar-refractivity contribution is 6.06. The van der Waals surface area contributed by atoms with Gasteiger partial charge in [0.05, 0.1) is 31.0 Å². The second-order valence-corrected chi connectivity index (χ2v) is 11.7. The number of nitrogens with zero attached hydrogens (tertiary/aromatic N) is 1. The largest absolute Gasteiger partial charge is 0.496 e. The molecule has 2 heterocycles. The maximum absolute atomic E-state index is 13.6. The van der Waals surface area contributed by atoms with E-state index < -0.39 is 5.92 Å². The van der Waals surface area contributed by atoms with Crippen molar-refractivity contribution in [3.8, 4) is 17.0 Å². The van der Waals surface area contributed by atoms with Crippen molar-refractivity contribution in [1.82, 2.24) is 4.98 Å². The lowest BCUT2D eigenvalue weighted by Crippen LogP contribution is -2.37. The van der Waals surface area contributed by atoms with Gasteiger partial charge in [0.25, 0.3) is 0 Å². The Bertz CT molecular complexity index is 1280. The number of ether oxygens (including phenoxy) is 2. The molecule has 1 aliphatic heterocycles. The molecule has 0 spiro atoms. The molecule has 0 saturated carbocycles. The zero-order valence-electron chi connectivity index (χ0n) is 21.6. The van der Waals surface area contributed by atoms with E-state index in [9.17, 15) is 14.7 Å². The summed E-state index contributed by atoms with van der Waals surface area (Å²) >= 11 is 0. The van der Waals surface area contributed by atoms with Gasteiger partial charge in [-0.3, -0.25) is 14.6 Å². The average Bonchev–Trinajstić information content (AvgIpc) is 2.80. The van der Waals surface area contributed by atoms with E-state index in [-0.39, 0.29) is 29.0 Å². The van der Waals surface area contributed by atoms with Gasteiger partial charge in [0.2, 0.25) is 0 Å². The van der Waals surface area contributed by atoms with Crippen LogP contribution in [0.3, 0.4) is 0 Å². The van der Waals surface area contributed by atoms with Gasteiger partial charge in [-0.05, 0) is 41.2 Å². The molecule has 0 atom stereocenters. The van der Waals surface area contributed by atoms with Crippen molar-refractivity contribution in [2.75, 3.05) is 7.11 Å². The van der Waals surface area contributed by atoms with Gasteiger partial charge in [0, 0.05) is 48.0 Å². The van der Waals surface area contributed by atoms with Gasteiger partial charge < -0.3 is 14.6 Å². The first kappa shape index (κ1) is 24.4. The summed E-state index contributed by atoms with van der Waals surface area (Å²) in [4.78, 5) is 31.8. The predicted octanol–water partition coefficient (Wildman–Crippen LogP) is 5.65. The first-order chi connectivity index (χ1) is 17.0. The van der Waals surface area contributed by atoms with Crippen molar-refractivity contribution in [2.45, 2.75) is 65.9 Å². The molecule has 0 unspecified atom stereocenters. The molecule has 1 N–H and O–H groups in total. The quantitative estimate of drug-likeness (QED) is 0.600. The van der Waals surface area contributed by atoms with Crippen LogP contribution in [0.1, 0.15) is 70.6 Å². The van der Waals surface area contributed by atoms with Gasteiger partial charge in [-0.1, -0.05) is 33.8 Å². The van der Waals surface area contributed by atoms with Crippen LogP contribution in [-0.4, -0.2) is 28.8 Å². The van der Waals surface area contributed by atoms with Crippen molar-refractivity contribution in [3.05, 3.63) is 70.3 Å². The van der Waals surface area contributed by atoms with E-state index in [1.165, 1.54) is 0 Å². The minimum Gasteiger partial charge on any atom is -0.496 e. The molecule has 6 heteroatoms. The summed E-state index contributed by atoms with van der Waals surface area (Å²) in [7, 11) is 1.60. The molecule has 3 aliphatic rings. The highest BCUT2D eigenvalue weighted by Gasteiger charge is 2.48. The Morgan fingerprint density at radius 1 is 0.944 bits per heavy atom. The van der Waals surface area contributed by atoms with E-state index in [1.807, 2.05) is 30.3 Å². The van der Waals surface area contributed by atoms with E-state index >= 15 is 0 Å². The average molecular weight is 488 g/mol. The van der Waals surface area contributed by atoms with Crippen LogP contribution >= 0.6 is 0 Å². The van der Waals surface area contributed by atoms with Crippen molar-refractivity contribution in [2.24, 2.45) is 10.8 Å². The lowest BCUT2D eigenvalue weighted by atomic mass is 9.65. The molecule has 2 aromatic rings. The fourth-order valence-corrected chi connectivity index (χ4v) is 5.83. The predicted molar refractivity (Wildman–Crippen MR) is 136 cm³/mol. The van der Waals surface area contributed by atoms with Gasteiger partial charge in [-0.15, -0.1) is 0 Å². The summed E-state index contributed by atoms with van der Waals surface area (Å²) in [5.74, 6) is 1.45. The smallest absolute Gasteiger partial charge is 0.163 e. The fraction of sp³-hybridized carbons (Fsp3) is 0.433. The monoisotopic (exact) mass is 487 g/mol. The number of Topliss-reactive ketones (excluding diaryl/α,β-unsaturated/α-hetero) is 2. The van der Waals surface area contributed by atoms with Crippen molar-refractivity contribution >= 4 is 11.6 Å². The van der Waals surface area contributed by atoms with Crippen LogP contribution in [0.25, 0.3) is 11.3 Å². The van der Waals surface area contributed by atoms with Crippen LogP contribution in [0.5, 0.6) is 5.75 Å². The first-order valence-electron chi connectivity index (χ1n) is 12.5. The minimum atomic E-state index is -0.549. The van der Waals surface area contributed by atoms with E-state index in [0.717, 1.165) is 11.1 Å². The zero-order chi connectivity index (χ0) is 25.8. The number of hydrogen-bond acceptors (Lipinski definition) is 6. The van der Waals surface area contributed by atoms with Crippen molar-refractivity contribution in [1.29, 1.82) is 0 Å². The number of rotatable bonds is 4. The van der Waals surface area contributed by atoms with Crippen LogP contribution in [0.2, 0.25) is 0 Å². The molecule has 0 amide bonds. The SMILES string of the molecule is COc1ccc(-c2cccc(CO)n2)cc1C1C2=C(CC(C)(C)CC2=O)OC2=C1C(=O)CC(C)(C)C2. The molecular formula is C30H33NO5. The summed E-state index contributed by atoms with van der Waals surface area (Å²) in [5, 5.41) is 9.57. The third-order valence-electron chi connectivity index (χ3n) is 7.39. The van der Waals surface area contributed by atoms with Crippen LogP contribution < -0.4 is 4.74 Å². The Morgan fingerprint density at radius 3 is 2.11 bits per heavy atom. The van der Waals surface area contributed by atoms with E-state index in [2.05, 4.69) is 32.7 Å². The highest BCUT2D eigenvalue weighted by Crippen LogP contribution is 2.54. The van der Waals surface area contributed by atoms with Crippen LogP contribution in [-0.2, 0) is 20.9 Å².